The van der Waals surface area contributed by atoms with E-state index >= 15 is 4.39 Å². The summed E-state index contributed by atoms with van der Waals surface area (Å²) in [6.07, 6.45) is 1.20. The van der Waals surface area contributed by atoms with Crippen molar-refractivity contribution in [1.29, 1.82) is 5.41 Å². The predicted molar refractivity (Wildman–Crippen MR) is 161 cm³/mol. The van der Waals surface area contributed by atoms with Crippen molar-refractivity contribution in [2.45, 2.75) is 46.6 Å². The van der Waals surface area contributed by atoms with Crippen LogP contribution < -0.4 is 19.1 Å². The summed E-state index contributed by atoms with van der Waals surface area (Å²) in [5, 5.41) is 8.72. The van der Waals surface area contributed by atoms with Crippen molar-refractivity contribution in [3.05, 3.63) is 46.3 Å². The number of nitrogens with one attached hydrogen (secondary N) is 1. The third kappa shape index (κ3) is 6.19. The fourth-order valence-corrected chi connectivity index (χ4v) is 6.29. The Morgan fingerprint density at radius 3 is 2.21 bits per heavy atom. The Morgan fingerprint density at radius 2 is 1.67 bits per heavy atom. The van der Waals surface area contributed by atoms with Gasteiger partial charge in [-0.2, -0.15) is 4.31 Å². The molecule has 2 aliphatic rings. The number of hydrogen-bond acceptors (Lipinski definition) is 8. The summed E-state index contributed by atoms with van der Waals surface area (Å²) >= 11 is 0. The van der Waals surface area contributed by atoms with Gasteiger partial charge < -0.3 is 24.0 Å². The maximum atomic E-state index is 15.5. The van der Waals surface area contributed by atoms with Gasteiger partial charge in [0, 0.05) is 43.9 Å². The van der Waals surface area contributed by atoms with Gasteiger partial charge in [-0.3, -0.25) is 10.2 Å². The number of halogens is 1. The highest BCUT2D eigenvalue weighted by molar-refractivity contribution is 7.88. The van der Waals surface area contributed by atoms with Gasteiger partial charge in [-0.05, 0) is 43.0 Å². The van der Waals surface area contributed by atoms with Crippen LogP contribution in [0.1, 0.15) is 61.7 Å². The number of carbonyl (C=O) groups is 1. The first-order valence-electron chi connectivity index (χ1n) is 14.1. The molecule has 0 amide bonds. The number of piperazine rings is 1. The molecule has 1 saturated heterocycles. The number of ketones is 1. The summed E-state index contributed by atoms with van der Waals surface area (Å²) in [6, 6.07) is 5.29. The number of anilines is 1. The van der Waals surface area contributed by atoms with Crippen molar-refractivity contribution >= 4 is 27.3 Å². The molecule has 4 rings (SSSR count). The standard InChI is InChI=1S/C30H41FN4O6S/c1-8-40-24-16-20-17-34(29(32)25(20)26(31)28(24)41-9-2)18-23(36)19-14-21(30(3,4)5)27(39-6)22(15-19)33-10-12-35(13-11-33)42(7,37)38/h14-16,32H,8-13,17-18H2,1-7H3. The van der Waals surface area contributed by atoms with Crippen LogP contribution in [0.5, 0.6) is 17.2 Å². The van der Waals surface area contributed by atoms with Crippen molar-refractivity contribution in [2.75, 3.05) is 64.2 Å². The quantitative estimate of drug-likeness (QED) is 0.405. The Balaban J connectivity index is 1.66. The van der Waals surface area contributed by atoms with E-state index in [1.54, 1.807) is 38.0 Å². The van der Waals surface area contributed by atoms with Crippen LogP contribution in [0.25, 0.3) is 0 Å². The number of benzene rings is 2. The normalized spacial score (nSPS) is 16.0. The smallest absolute Gasteiger partial charge is 0.211 e. The van der Waals surface area contributed by atoms with Crippen LogP contribution in [0.2, 0.25) is 0 Å². The molecule has 0 radical (unpaired) electrons. The number of hydrogen-bond donors (Lipinski definition) is 1. The lowest BCUT2D eigenvalue weighted by molar-refractivity contribution is 0.0962. The van der Waals surface area contributed by atoms with Crippen molar-refractivity contribution in [3.8, 4) is 17.2 Å². The molecular formula is C30H41FN4O6S. The topological polar surface area (TPSA) is 112 Å². The molecule has 0 unspecified atom stereocenters. The van der Waals surface area contributed by atoms with Gasteiger partial charge in [-0.15, -0.1) is 0 Å². The van der Waals surface area contributed by atoms with E-state index in [1.165, 1.54) is 10.6 Å². The molecule has 2 aliphatic heterocycles. The van der Waals surface area contributed by atoms with Crippen LogP contribution in [0.4, 0.5) is 10.1 Å². The molecule has 2 heterocycles. The zero-order chi connectivity index (χ0) is 31.0. The minimum Gasteiger partial charge on any atom is -0.494 e. The monoisotopic (exact) mass is 604 g/mol. The fraction of sp³-hybridized carbons (Fsp3) is 0.533. The first-order chi connectivity index (χ1) is 19.7. The minimum absolute atomic E-state index is 0.0263. The van der Waals surface area contributed by atoms with Crippen LogP contribution in [-0.4, -0.2) is 88.5 Å². The van der Waals surface area contributed by atoms with Crippen LogP contribution >= 0.6 is 0 Å². The lowest BCUT2D eigenvalue weighted by Crippen LogP contribution is -2.48. The van der Waals surface area contributed by atoms with Crippen LogP contribution in [0.3, 0.4) is 0 Å². The average molecular weight is 605 g/mol. The molecule has 1 N–H and O–H groups in total. The van der Waals surface area contributed by atoms with Gasteiger partial charge >= 0.3 is 0 Å². The third-order valence-corrected chi connectivity index (χ3v) is 8.86. The molecule has 12 heteroatoms. The lowest BCUT2D eigenvalue weighted by Gasteiger charge is -2.37. The Bertz CT molecular complexity index is 1480. The van der Waals surface area contributed by atoms with Crippen molar-refractivity contribution in [2.24, 2.45) is 0 Å². The summed E-state index contributed by atoms with van der Waals surface area (Å²) in [4.78, 5) is 17.4. The van der Waals surface area contributed by atoms with E-state index in [4.69, 9.17) is 19.6 Å². The Hall–Kier alpha value is -3.38. The van der Waals surface area contributed by atoms with Gasteiger partial charge in [-0.1, -0.05) is 20.8 Å². The molecule has 0 bridgehead atoms. The molecule has 42 heavy (non-hydrogen) atoms. The second-order valence-corrected chi connectivity index (χ2v) is 13.5. The number of sulfonamides is 1. The number of rotatable bonds is 10. The SMILES string of the molecule is CCOc1cc2c(c(F)c1OCC)C(=N)N(CC(=O)c1cc(N3CCN(S(C)(=O)=O)CC3)c(OC)c(C(C)(C)C)c1)C2. The van der Waals surface area contributed by atoms with Crippen LogP contribution in [-0.2, 0) is 22.0 Å². The summed E-state index contributed by atoms with van der Waals surface area (Å²) in [6.45, 7) is 11.8. The zero-order valence-corrected chi connectivity index (χ0v) is 26.3. The van der Waals surface area contributed by atoms with Gasteiger partial charge in [0.25, 0.3) is 0 Å². The number of ether oxygens (including phenoxy) is 3. The fourth-order valence-electron chi connectivity index (χ4n) is 5.46. The van der Waals surface area contributed by atoms with E-state index < -0.39 is 15.8 Å². The summed E-state index contributed by atoms with van der Waals surface area (Å²) in [7, 11) is -1.71. The molecule has 1 fully saturated rings. The van der Waals surface area contributed by atoms with E-state index in [9.17, 15) is 13.2 Å². The van der Waals surface area contributed by atoms with Crippen molar-refractivity contribution in [1.82, 2.24) is 9.21 Å². The first kappa shape index (κ1) is 31.6. The Labute approximate surface area is 247 Å². The number of fused-ring (bicyclic) bond motifs is 1. The number of nitrogens with zero attached hydrogens (tertiary/aromatic N) is 3. The zero-order valence-electron chi connectivity index (χ0n) is 25.5. The first-order valence-corrected chi connectivity index (χ1v) is 16.0. The van der Waals surface area contributed by atoms with E-state index in [0.29, 0.717) is 49.7 Å². The molecule has 2 aromatic rings. The molecule has 0 saturated carbocycles. The van der Waals surface area contributed by atoms with E-state index in [-0.39, 0.29) is 53.8 Å². The maximum absolute atomic E-state index is 15.5. The molecule has 10 nitrogen and oxygen atoms in total. The van der Waals surface area contributed by atoms with Gasteiger partial charge in [0.05, 0.1) is 44.4 Å². The summed E-state index contributed by atoms with van der Waals surface area (Å²) in [5.41, 5.74) is 2.31. The summed E-state index contributed by atoms with van der Waals surface area (Å²) < 4.78 is 58.1. The highest BCUT2D eigenvalue weighted by Gasteiger charge is 2.34. The number of methoxy groups -OCH3 is 1. The minimum atomic E-state index is -3.30. The average Bonchev–Trinajstić information content (AvgIpc) is 3.23. The number of amidine groups is 1. The van der Waals surface area contributed by atoms with Gasteiger partial charge in [0.2, 0.25) is 10.0 Å². The third-order valence-electron chi connectivity index (χ3n) is 7.56. The molecule has 230 valence electrons. The van der Waals surface area contributed by atoms with E-state index in [1.807, 2.05) is 31.7 Å². The second kappa shape index (κ2) is 12.1. The Kier molecular flexibility index (Phi) is 9.08. The van der Waals surface area contributed by atoms with Crippen LogP contribution in [0.15, 0.2) is 18.2 Å². The molecule has 0 aliphatic carbocycles. The van der Waals surface area contributed by atoms with Crippen LogP contribution in [0, 0.1) is 11.2 Å². The second-order valence-electron chi connectivity index (χ2n) is 11.5. The van der Waals surface area contributed by atoms with Gasteiger partial charge in [-0.25, -0.2) is 12.8 Å². The number of Topliss-reactive ketones (excluding diaryl/α,β-unsaturated/α-hetero) is 1. The summed E-state index contributed by atoms with van der Waals surface area (Å²) in [5.74, 6) is -0.0765. The maximum Gasteiger partial charge on any atom is 0.211 e. The Morgan fingerprint density at radius 1 is 1.02 bits per heavy atom. The van der Waals surface area contributed by atoms with Crippen molar-refractivity contribution < 1.29 is 31.8 Å². The lowest BCUT2D eigenvalue weighted by atomic mass is 9.84. The van der Waals surface area contributed by atoms with E-state index in [0.717, 1.165) is 11.3 Å². The molecule has 2 aromatic carbocycles. The highest BCUT2D eigenvalue weighted by atomic mass is 32.2. The van der Waals surface area contributed by atoms with Gasteiger partial charge in [0.15, 0.2) is 23.1 Å². The molecule has 0 atom stereocenters. The molecule has 0 spiro atoms. The molecular weight excluding hydrogens is 563 g/mol. The predicted octanol–water partition coefficient (Wildman–Crippen LogP) is 4.03. The van der Waals surface area contributed by atoms with Crippen molar-refractivity contribution in [3.63, 3.8) is 0 Å². The van der Waals surface area contributed by atoms with E-state index in [2.05, 4.69) is 0 Å². The highest BCUT2D eigenvalue weighted by Crippen LogP contribution is 2.42. The molecule has 0 aromatic heterocycles. The number of carbonyl (C=O) groups excluding carboxylic acids is 1. The largest absolute Gasteiger partial charge is 0.494 e. The van der Waals surface area contributed by atoms with Gasteiger partial charge in [0.1, 0.15) is 11.6 Å².